The average Bonchev–Trinajstić information content (AvgIpc) is 3.10. The van der Waals surface area contributed by atoms with Crippen molar-refractivity contribution in [2.24, 2.45) is 33.8 Å². The van der Waals surface area contributed by atoms with Crippen LogP contribution >= 0.6 is 0 Å². The summed E-state index contributed by atoms with van der Waals surface area (Å²) in [5, 5.41) is 25.1. The SMILES string of the molecule is CC(C)C[C@@H]1NC(=O)[C@@H](NC(=O)[C@H](Cc2ccccc2)NC(=O)[C@@H](N)CO)CCCCNC(=O)C[C@@H](C(N)=O)NC(=O)[C@H](CCCN=C(N)N)NC1=O. The number of rotatable bonds is 14. The zero-order chi connectivity index (χ0) is 39.5. The lowest BCUT2D eigenvalue weighted by molar-refractivity contribution is -0.135. The van der Waals surface area contributed by atoms with Crippen LogP contribution in [-0.4, -0.2) is 108 Å². The first-order valence-electron chi connectivity index (χ1n) is 17.6. The first kappa shape index (κ1) is 43.9. The van der Waals surface area contributed by atoms with E-state index in [4.69, 9.17) is 22.9 Å². The highest BCUT2D eigenvalue weighted by Gasteiger charge is 2.33. The lowest BCUT2D eigenvalue weighted by atomic mass is 10.00. The number of aliphatic hydroxyl groups excluding tert-OH is 1. The quantitative estimate of drug-likeness (QED) is 0.0499. The van der Waals surface area contributed by atoms with Crippen molar-refractivity contribution in [2.75, 3.05) is 19.7 Å². The largest absolute Gasteiger partial charge is 0.394 e. The molecule has 0 unspecified atom stereocenters. The summed E-state index contributed by atoms with van der Waals surface area (Å²) >= 11 is 0. The van der Waals surface area contributed by atoms with E-state index in [2.05, 4.69) is 36.9 Å². The molecular formula is C34H55N11O8. The van der Waals surface area contributed by atoms with E-state index in [9.17, 15) is 38.7 Å². The number of aliphatic hydroxyl groups is 1. The Kier molecular flexibility index (Phi) is 18.7. The monoisotopic (exact) mass is 745 g/mol. The number of carbonyl (C=O) groups is 7. The molecular weight excluding hydrogens is 690 g/mol. The van der Waals surface area contributed by atoms with E-state index >= 15 is 0 Å². The highest BCUT2D eigenvalue weighted by atomic mass is 16.3. The molecule has 0 spiro atoms. The molecule has 7 amide bonds. The van der Waals surface area contributed by atoms with E-state index in [0.29, 0.717) is 18.4 Å². The minimum Gasteiger partial charge on any atom is -0.394 e. The minimum atomic E-state index is -1.38. The third-order valence-electron chi connectivity index (χ3n) is 8.29. The van der Waals surface area contributed by atoms with Gasteiger partial charge < -0.3 is 59.9 Å². The predicted molar refractivity (Wildman–Crippen MR) is 195 cm³/mol. The van der Waals surface area contributed by atoms with Gasteiger partial charge in [0.15, 0.2) is 5.96 Å². The van der Waals surface area contributed by atoms with Gasteiger partial charge in [0.1, 0.15) is 36.3 Å². The molecule has 15 N–H and O–H groups in total. The summed E-state index contributed by atoms with van der Waals surface area (Å²) in [6.45, 7) is 3.25. The highest BCUT2D eigenvalue weighted by molar-refractivity contribution is 5.97. The fourth-order valence-corrected chi connectivity index (χ4v) is 5.44. The Labute approximate surface area is 308 Å². The Morgan fingerprint density at radius 3 is 2.21 bits per heavy atom. The Hall–Kier alpha value is -5.30. The number of amides is 7. The fourth-order valence-electron chi connectivity index (χ4n) is 5.44. The van der Waals surface area contributed by atoms with Crippen LogP contribution in [-0.2, 0) is 40.0 Å². The number of benzene rings is 1. The molecule has 0 bridgehead atoms. The van der Waals surface area contributed by atoms with Gasteiger partial charge in [-0.15, -0.1) is 0 Å². The first-order chi connectivity index (χ1) is 25.1. The topological polar surface area (TPSA) is 328 Å². The minimum absolute atomic E-state index is 0.0154. The van der Waals surface area contributed by atoms with Crippen LogP contribution in [0.25, 0.3) is 0 Å². The number of primary amides is 1. The molecule has 1 fully saturated rings. The normalized spacial score (nSPS) is 21.8. The molecule has 0 aliphatic carbocycles. The summed E-state index contributed by atoms with van der Waals surface area (Å²) in [6.07, 6.45) is 0.713. The number of nitrogens with zero attached hydrogens (tertiary/aromatic N) is 1. The lowest BCUT2D eigenvalue weighted by Gasteiger charge is -2.28. The Bertz CT molecular complexity index is 1440. The van der Waals surface area contributed by atoms with E-state index < -0.39 is 90.6 Å². The van der Waals surface area contributed by atoms with Crippen LogP contribution in [0.2, 0.25) is 0 Å². The summed E-state index contributed by atoms with van der Waals surface area (Å²) in [6, 6.07) is 1.34. The zero-order valence-corrected chi connectivity index (χ0v) is 30.3. The molecule has 6 atom stereocenters. The molecule has 1 saturated heterocycles. The zero-order valence-electron chi connectivity index (χ0n) is 30.3. The van der Waals surface area contributed by atoms with Gasteiger partial charge in [-0.1, -0.05) is 44.2 Å². The van der Waals surface area contributed by atoms with Crippen LogP contribution in [0.1, 0.15) is 64.4 Å². The second-order valence-corrected chi connectivity index (χ2v) is 13.3. The van der Waals surface area contributed by atoms with Crippen molar-refractivity contribution < 1.29 is 38.7 Å². The van der Waals surface area contributed by atoms with Crippen molar-refractivity contribution >= 4 is 47.3 Å². The summed E-state index contributed by atoms with van der Waals surface area (Å²) in [4.78, 5) is 96.3. The van der Waals surface area contributed by atoms with Crippen LogP contribution in [0.5, 0.6) is 0 Å². The number of nitrogens with two attached hydrogens (primary N) is 4. The molecule has 19 heteroatoms. The van der Waals surface area contributed by atoms with Gasteiger partial charge in [0, 0.05) is 19.5 Å². The van der Waals surface area contributed by atoms with E-state index in [1.807, 2.05) is 13.8 Å². The Balaban J connectivity index is 2.44. The van der Waals surface area contributed by atoms with E-state index in [1.54, 1.807) is 30.3 Å². The molecule has 19 nitrogen and oxygen atoms in total. The average molecular weight is 746 g/mol. The van der Waals surface area contributed by atoms with Crippen molar-refractivity contribution in [2.45, 2.75) is 101 Å². The Morgan fingerprint density at radius 1 is 0.925 bits per heavy atom. The number of carbonyl (C=O) groups excluding carboxylic acids is 7. The molecule has 294 valence electrons. The van der Waals surface area contributed by atoms with Gasteiger partial charge in [-0.25, -0.2) is 0 Å². The molecule has 1 aromatic rings. The maximum Gasteiger partial charge on any atom is 0.243 e. The molecule has 1 aromatic carbocycles. The summed E-state index contributed by atoms with van der Waals surface area (Å²) in [5.41, 5.74) is 22.7. The van der Waals surface area contributed by atoms with Crippen molar-refractivity contribution in [3.05, 3.63) is 35.9 Å². The molecule has 1 aliphatic rings. The van der Waals surface area contributed by atoms with Crippen LogP contribution in [0, 0.1) is 5.92 Å². The second kappa shape index (κ2) is 22.6. The van der Waals surface area contributed by atoms with Gasteiger partial charge in [0.2, 0.25) is 41.4 Å². The predicted octanol–water partition coefficient (Wildman–Crippen LogP) is -3.75. The second-order valence-electron chi connectivity index (χ2n) is 13.3. The van der Waals surface area contributed by atoms with Crippen LogP contribution in [0.15, 0.2) is 35.3 Å². The van der Waals surface area contributed by atoms with Gasteiger partial charge in [-0.05, 0) is 50.0 Å². The van der Waals surface area contributed by atoms with Gasteiger partial charge in [-0.2, -0.15) is 0 Å². The van der Waals surface area contributed by atoms with Crippen molar-refractivity contribution in [1.29, 1.82) is 0 Å². The Morgan fingerprint density at radius 2 is 1.58 bits per heavy atom. The highest BCUT2D eigenvalue weighted by Crippen LogP contribution is 2.11. The van der Waals surface area contributed by atoms with Gasteiger partial charge in [0.25, 0.3) is 0 Å². The van der Waals surface area contributed by atoms with Crippen molar-refractivity contribution in [1.82, 2.24) is 31.9 Å². The molecule has 1 heterocycles. The van der Waals surface area contributed by atoms with Crippen molar-refractivity contribution in [3.8, 4) is 0 Å². The van der Waals surface area contributed by atoms with Crippen LogP contribution in [0.4, 0.5) is 0 Å². The lowest BCUT2D eigenvalue weighted by Crippen LogP contribution is -2.60. The fraction of sp³-hybridized carbons (Fsp3) is 0.588. The molecule has 2 rings (SSSR count). The molecule has 0 aromatic heterocycles. The third-order valence-corrected chi connectivity index (χ3v) is 8.29. The van der Waals surface area contributed by atoms with E-state index in [0.717, 1.165) is 0 Å². The molecule has 0 saturated carbocycles. The number of hydrogen-bond acceptors (Lipinski definition) is 10. The van der Waals surface area contributed by atoms with E-state index in [1.165, 1.54) is 0 Å². The number of hydrogen-bond donors (Lipinski definition) is 11. The van der Waals surface area contributed by atoms with Crippen molar-refractivity contribution in [3.63, 3.8) is 0 Å². The summed E-state index contributed by atoms with van der Waals surface area (Å²) in [5.74, 6) is -5.52. The standard InChI is InChI=1S/C34H55N11O8/c1-19(2)15-25-32(52)42-23(12-8-14-40-34(37)38)30(50)43-24(28(36)48)17-27(47)39-13-7-6-11-22(31(51)45-25)41-33(53)26(44-29(49)21(35)18-46)16-20-9-4-3-5-10-20/h3-5,9-10,19,21-26,46H,6-8,11-18,35H2,1-2H3,(H2,36,48)(H,39,47)(H,41,53)(H,42,52)(H,43,50)(H,44,49)(H,45,51)(H4,37,38,40)/t21-,22-,23-,24-,25-,26-/m0/s1. The van der Waals surface area contributed by atoms with Gasteiger partial charge in [0.05, 0.1) is 13.0 Å². The first-order valence-corrected chi connectivity index (χ1v) is 17.6. The maximum atomic E-state index is 13.9. The van der Waals surface area contributed by atoms with Gasteiger partial charge >= 0.3 is 0 Å². The molecule has 0 radical (unpaired) electrons. The number of aliphatic imine (C=N–C) groups is 1. The molecule has 1 aliphatic heterocycles. The number of nitrogens with one attached hydrogen (secondary N) is 6. The summed E-state index contributed by atoms with van der Waals surface area (Å²) < 4.78 is 0. The van der Waals surface area contributed by atoms with Crippen LogP contribution in [0.3, 0.4) is 0 Å². The molecule has 53 heavy (non-hydrogen) atoms. The smallest absolute Gasteiger partial charge is 0.243 e. The summed E-state index contributed by atoms with van der Waals surface area (Å²) in [7, 11) is 0. The third kappa shape index (κ3) is 16.3. The van der Waals surface area contributed by atoms with E-state index in [-0.39, 0.29) is 57.1 Å². The van der Waals surface area contributed by atoms with Gasteiger partial charge in [-0.3, -0.25) is 38.6 Å². The number of guanidine groups is 1. The maximum absolute atomic E-state index is 13.9. The van der Waals surface area contributed by atoms with Crippen LogP contribution < -0.4 is 54.8 Å².